The van der Waals surface area contributed by atoms with Crippen molar-refractivity contribution in [2.75, 3.05) is 13.2 Å². The number of aliphatic hydroxyl groups is 2. The summed E-state index contributed by atoms with van der Waals surface area (Å²) in [4.78, 5) is 30.9. The molecule has 0 aliphatic heterocycles. The fraction of sp³-hybridized carbons (Fsp3) is 0.222. The number of nitrogens with zero attached hydrogens (tertiary/aromatic N) is 1. The lowest BCUT2D eigenvalue weighted by Crippen LogP contribution is -2.39. The number of hydrogen-bond acceptors (Lipinski definition) is 6. The fourth-order valence-corrected chi connectivity index (χ4v) is 4.74. The minimum absolute atomic E-state index is 0.196. The molecule has 0 spiro atoms. The van der Waals surface area contributed by atoms with E-state index in [4.69, 9.17) is 0 Å². The number of carbonyl (C=O) groups excluding carboxylic acids is 2. The van der Waals surface area contributed by atoms with Crippen LogP contribution < -0.4 is 10.6 Å². The summed E-state index contributed by atoms with van der Waals surface area (Å²) >= 11 is 1.32. The van der Waals surface area contributed by atoms with E-state index in [2.05, 4.69) is 15.6 Å². The van der Waals surface area contributed by atoms with Crippen LogP contribution in [0.5, 0.6) is 0 Å². The quantitative estimate of drug-likeness (QED) is 0.274. The first-order valence-corrected chi connectivity index (χ1v) is 12.2. The van der Waals surface area contributed by atoms with Crippen LogP contribution in [-0.2, 0) is 12.8 Å². The lowest BCUT2D eigenvalue weighted by molar-refractivity contribution is 0.0908. The molecule has 2 atom stereocenters. The van der Waals surface area contributed by atoms with Crippen LogP contribution in [0.4, 0.5) is 0 Å². The van der Waals surface area contributed by atoms with E-state index >= 15 is 0 Å². The molecule has 2 amide bonds. The minimum Gasteiger partial charge on any atom is -0.394 e. The van der Waals surface area contributed by atoms with Crippen LogP contribution in [0.1, 0.15) is 31.8 Å². The zero-order chi connectivity index (χ0) is 24.6. The van der Waals surface area contributed by atoms with Gasteiger partial charge in [0.1, 0.15) is 4.83 Å². The van der Waals surface area contributed by atoms with Gasteiger partial charge in [0, 0.05) is 17.0 Å². The molecule has 0 saturated heterocycles. The van der Waals surface area contributed by atoms with Gasteiger partial charge in [-0.1, -0.05) is 60.7 Å². The molecule has 35 heavy (non-hydrogen) atoms. The van der Waals surface area contributed by atoms with E-state index in [9.17, 15) is 19.8 Å². The molecule has 0 radical (unpaired) electrons. The van der Waals surface area contributed by atoms with E-state index in [1.165, 1.54) is 17.5 Å². The van der Waals surface area contributed by atoms with Crippen molar-refractivity contribution in [1.29, 1.82) is 0 Å². The van der Waals surface area contributed by atoms with Gasteiger partial charge in [0.25, 0.3) is 11.8 Å². The van der Waals surface area contributed by atoms with Crippen molar-refractivity contribution < 1.29 is 19.8 Å². The van der Waals surface area contributed by atoms with Gasteiger partial charge in [0.15, 0.2) is 0 Å². The molecule has 7 nitrogen and oxygen atoms in total. The number of thiophene rings is 1. The number of hydrogen-bond donors (Lipinski definition) is 4. The minimum atomic E-state index is -0.450. The summed E-state index contributed by atoms with van der Waals surface area (Å²) in [6.45, 7) is -0.398. The third-order valence-electron chi connectivity index (χ3n) is 5.70. The van der Waals surface area contributed by atoms with Crippen LogP contribution in [0.3, 0.4) is 0 Å². The lowest BCUT2D eigenvalue weighted by atomic mass is 10.1. The zero-order valence-electron chi connectivity index (χ0n) is 19.1. The van der Waals surface area contributed by atoms with Crippen molar-refractivity contribution in [1.82, 2.24) is 15.6 Å². The molecule has 180 valence electrons. The Morgan fingerprint density at radius 3 is 1.91 bits per heavy atom. The second-order valence-electron chi connectivity index (χ2n) is 8.31. The Labute approximate surface area is 207 Å². The van der Waals surface area contributed by atoms with Crippen LogP contribution in [0.25, 0.3) is 10.2 Å². The van der Waals surface area contributed by atoms with Crippen LogP contribution >= 0.6 is 11.3 Å². The van der Waals surface area contributed by atoms with Gasteiger partial charge in [-0.25, -0.2) is 4.98 Å². The van der Waals surface area contributed by atoms with Gasteiger partial charge >= 0.3 is 0 Å². The van der Waals surface area contributed by atoms with Crippen molar-refractivity contribution in [3.8, 4) is 0 Å². The van der Waals surface area contributed by atoms with Gasteiger partial charge in [-0.2, -0.15) is 0 Å². The van der Waals surface area contributed by atoms with Crippen molar-refractivity contribution in [3.63, 3.8) is 0 Å². The summed E-state index contributed by atoms with van der Waals surface area (Å²) in [6.07, 6.45) is 2.47. The molecule has 0 fully saturated rings. The molecule has 0 aliphatic rings. The van der Waals surface area contributed by atoms with Gasteiger partial charge in [-0.05, 0) is 30.0 Å². The highest BCUT2D eigenvalue weighted by atomic mass is 32.1. The smallest absolute Gasteiger partial charge is 0.253 e. The highest BCUT2D eigenvalue weighted by Gasteiger charge is 2.20. The molecule has 0 saturated carbocycles. The van der Waals surface area contributed by atoms with Gasteiger partial charge in [-0.15, -0.1) is 11.3 Å². The number of pyridine rings is 1. The third-order valence-corrected chi connectivity index (χ3v) is 6.60. The molecule has 8 heteroatoms. The number of amides is 2. The molecule has 2 heterocycles. The van der Waals surface area contributed by atoms with E-state index in [1.807, 2.05) is 60.7 Å². The monoisotopic (exact) mass is 489 g/mol. The molecule has 2 aromatic carbocycles. The Kier molecular flexibility index (Phi) is 8.20. The highest BCUT2D eigenvalue weighted by molar-refractivity contribution is 7.17. The Balaban J connectivity index is 1.47. The Morgan fingerprint density at radius 2 is 1.37 bits per heavy atom. The number of nitrogens with one attached hydrogen (secondary N) is 2. The van der Waals surface area contributed by atoms with Gasteiger partial charge in [0.2, 0.25) is 0 Å². The number of aliphatic hydroxyl groups excluding tert-OH is 2. The average Bonchev–Trinajstić information content (AvgIpc) is 3.32. The molecule has 2 aromatic heterocycles. The number of benzene rings is 2. The van der Waals surface area contributed by atoms with Gasteiger partial charge in [0.05, 0.1) is 36.4 Å². The molecule has 0 bridgehead atoms. The molecule has 4 rings (SSSR count). The van der Waals surface area contributed by atoms with Crippen LogP contribution in [0.2, 0.25) is 0 Å². The molecular formula is C27H27N3O4S. The average molecular weight is 490 g/mol. The molecule has 4 aromatic rings. The summed E-state index contributed by atoms with van der Waals surface area (Å²) < 4.78 is 0. The van der Waals surface area contributed by atoms with Crippen molar-refractivity contribution in [3.05, 3.63) is 101 Å². The standard InChI is InChI=1S/C27H27N3O4S/c31-15-21(11-18-7-3-1-4-8-18)29-25(33)20-13-23-24(17-35-27(23)28-14-20)26(34)30-22(16-32)12-19-9-5-2-6-10-19/h1-10,13-14,17,21-22,31-32H,11-12,15-16H2,(H,29,33)(H,30,34). The Bertz CT molecular complexity index is 1280. The van der Waals surface area contributed by atoms with Gasteiger partial charge in [-0.3, -0.25) is 9.59 Å². The maximum Gasteiger partial charge on any atom is 0.253 e. The van der Waals surface area contributed by atoms with E-state index in [0.29, 0.717) is 34.2 Å². The lowest BCUT2D eigenvalue weighted by Gasteiger charge is -2.17. The van der Waals surface area contributed by atoms with Crippen LogP contribution in [0, 0.1) is 0 Å². The number of aromatic nitrogens is 1. The zero-order valence-corrected chi connectivity index (χ0v) is 19.9. The van der Waals surface area contributed by atoms with E-state index in [-0.39, 0.29) is 25.0 Å². The number of carbonyl (C=O) groups is 2. The second kappa shape index (κ2) is 11.7. The predicted molar refractivity (Wildman–Crippen MR) is 137 cm³/mol. The molecule has 0 aliphatic carbocycles. The molecular weight excluding hydrogens is 462 g/mol. The summed E-state index contributed by atoms with van der Waals surface area (Å²) in [5.74, 6) is -0.702. The van der Waals surface area contributed by atoms with Crippen LogP contribution in [0.15, 0.2) is 78.3 Å². The summed E-state index contributed by atoms with van der Waals surface area (Å²) in [5.41, 5.74) is 2.73. The van der Waals surface area contributed by atoms with Crippen molar-refractivity contribution >= 4 is 33.4 Å². The Hall–Kier alpha value is -3.59. The van der Waals surface area contributed by atoms with E-state index < -0.39 is 12.1 Å². The maximum absolute atomic E-state index is 13.0. The normalized spacial score (nSPS) is 12.7. The molecule has 2 unspecified atom stereocenters. The largest absolute Gasteiger partial charge is 0.394 e. The first-order chi connectivity index (χ1) is 17.1. The fourth-order valence-electron chi connectivity index (χ4n) is 3.87. The maximum atomic E-state index is 13.0. The van der Waals surface area contributed by atoms with Gasteiger partial charge < -0.3 is 20.8 Å². The first-order valence-electron chi connectivity index (χ1n) is 11.4. The predicted octanol–water partition coefficient (Wildman–Crippen LogP) is 2.96. The summed E-state index contributed by atoms with van der Waals surface area (Å²) in [6, 6.07) is 20.0. The summed E-state index contributed by atoms with van der Waals surface area (Å²) in [7, 11) is 0. The topological polar surface area (TPSA) is 112 Å². The summed E-state index contributed by atoms with van der Waals surface area (Å²) in [5, 5.41) is 27.5. The number of rotatable bonds is 10. The van der Waals surface area contributed by atoms with E-state index in [1.54, 1.807) is 11.4 Å². The first kappa shape index (κ1) is 24.5. The molecule has 4 N–H and O–H groups in total. The van der Waals surface area contributed by atoms with E-state index in [0.717, 1.165) is 11.1 Å². The number of fused-ring (bicyclic) bond motifs is 1. The highest BCUT2D eigenvalue weighted by Crippen LogP contribution is 2.25. The van der Waals surface area contributed by atoms with Crippen molar-refractivity contribution in [2.45, 2.75) is 24.9 Å². The van der Waals surface area contributed by atoms with Crippen molar-refractivity contribution in [2.24, 2.45) is 0 Å². The Morgan fingerprint density at radius 1 is 0.829 bits per heavy atom. The third kappa shape index (κ3) is 6.30. The van der Waals surface area contributed by atoms with Crippen LogP contribution in [-0.4, -0.2) is 52.3 Å². The SMILES string of the molecule is O=C(NC(CO)Cc1ccccc1)c1cnc2scc(C(=O)NC(CO)Cc3ccccc3)c2c1. The second-order valence-corrected chi connectivity index (χ2v) is 9.17.